The molecular formula is C25H27N2O6+. The van der Waals surface area contributed by atoms with Crippen LogP contribution in [0.2, 0.25) is 0 Å². The number of Topliss-reactive ketones (excluding diaryl/α,β-unsaturated/α-hetero) is 1. The van der Waals surface area contributed by atoms with Crippen LogP contribution in [0.25, 0.3) is 11.0 Å². The summed E-state index contributed by atoms with van der Waals surface area (Å²) in [5.41, 5.74) is 1.05. The average molecular weight is 451 g/mol. The van der Waals surface area contributed by atoms with E-state index in [-0.39, 0.29) is 11.3 Å². The van der Waals surface area contributed by atoms with Gasteiger partial charge in [0.15, 0.2) is 23.0 Å². The van der Waals surface area contributed by atoms with Gasteiger partial charge < -0.3 is 28.8 Å². The van der Waals surface area contributed by atoms with Gasteiger partial charge in [-0.25, -0.2) is 0 Å². The molecule has 1 aromatic heterocycles. The molecule has 0 saturated carbocycles. The van der Waals surface area contributed by atoms with Crippen molar-refractivity contribution in [3.05, 3.63) is 71.2 Å². The molecule has 3 aromatic rings. The van der Waals surface area contributed by atoms with Crippen LogP contribution in [-0.2, 0) is 4.79 Å². The third-order valence-electron chi connectivity index (χ3n) is 5.78. The maximum absolute atomic E-state index is 13.6. The Morgan fingerprint density at radius 3 is 2.55 bits per heavy atom. The topological polar surface area (TPSA) is 93.7 Å². The summed E-state index contributed by atoms with van der Waals surface area (Å²) in [6.45, 7) is 0.946. The molecule has 1 amide bonds. The lowest BCUT2D eigenvalue weighted by atomic mass is 9.94. The molecule has 8 heteroatoms. The van der Waals surface area contributed by atoms with Crippen LogP contribution in [0.4, 0.5) is 0 Å². The lowest BCUT2D eigenvalue weighted by Crippen LogP contribution is -3.06. The second-order valence-electron chi connectivity index (χ2n) is 8.18. The maximum atomic E-state index is 13.6. The number of rotatable bonds is 8. The molecule has 0 fully saturated rings. The lowest BCUT2D eigenvalue weighted by molar-refractivity contribution is -0.857. The number of ether oxygens (including phenoxy) is 2. The monoisotopic (exact) mass is 451 g/mol. The molecule has 33 heavy (non-hydrogen) atoms. The van der Waals surface area contributed by atoms with E-state index in [1.54, 1.807) is 30.3 Å². The number of nitrogens with one attached hydrogen (secondary N) is 1. The number of benzene rings is 2. The first-order chi connectivity index (χ1) is 15.9. The highest BCUT2D eigenvalue weighted by molar-refractivity contribution is 6.16. The van der Waals surface area contributed by atoms with Gasteiger partial charge in [0.1, 0.15) is 5.58 Å². The van der Waals surface area contributed by atoms with Crippen LogP contribution in [0.5, 0.6) is 11.5 Å². The minimum Gasteiger partial charge on any atom is -0.503 e. The molecule has 2 N–H and O–H groups in total. The standard InChI is InChI=1S/C25H26N2O6/c1-26(2)12-13-27-21(16-9-7-11-18(31-3)24(16)32-4)20(23(29)25(27)30)22(28)19-14-15-8-5-6-10-17(15)33-19/h5-11,14,21,29H,12-13H2,1-4H3/p+1/t21-/m0/s1. The minimum absolute atomic E-state index is 0.0423. The zero-order valence-electron chi connectivity index (χ0n) is 19.0. The lowest BCUT2D eigenvalue weighted by Gasteiger charge is -2.28. The third kappa shape index (κ3) is 3.93. The Morgan fingerprint density at radius 1 is 1.12 bits per heavy atom. The van der Waals surface area contributed by atoms with Gasteiger partial charge >= 0.3 is 0 Å². The molecule has 2 heterocycles. The maximum Gasteiger partial charge on any atom is 0.290 e. The molecule has 0 radical (unpaired) electrons. The van der Waals surface area contributed by atoms with Crippen LogP contribution in [-0.4, -0.2) is 63.1 Å². The number of carbonyl (C=O) groups is 2. The minimum atomic E-state index is -0.859. The van der Waals surface area contributed by atoms with Crippen LogP contribution in [0.3, 0.4) is 0 Å². The summed E-state index contributed by atoms with van der Waals surface area (Å²) in [4.78, 5) is 29.4. The van der Waals surface area contributed by atoms with E-state index in [2.05, 4.69) is 0 Å². The summed E-state index contributed by atoms with van der Waals surface area (Å²) in [5.74, 6) is -0.828. The normalized spacial score (nSPS) is 16.2. The molecule has 0 bridgehead atoms. The molecular weight excluding hydrogens is 424 g/mol. The number of ketones is 1. The molecule has 0 spiro atoms. The van der Waals surface area contributed by atoms with Crippen LogP contribution in [0.15, 0.2) is 64.3 Å². The van der Waals surface area contributed by atoms with Gasteiger partial charge in [0.05, 0.1) is 53.0 Å². The quantitative estimate of drug-likeness (QED) is 0.510. The number of aliphatic hydroxyl groups is 1. The van der Waals surface area contributed by atoms with Gasteiger partial charge in [-0.05, 0) is 18.2 Å². The Morgan fingerprint density at radius 2 is 1.88 bits per heavy atom. The van der Waals surface area contributed by atoms with Crippen LogP contribution >= 0.6 is 0 Å². The third-order valence-corrected chi connectivity index (χ3v) is 5.78. The fourth-order valence-electron chi connectivity index (χ4n) is 4.14. The van der Waals surface area contributed by atoms with Crippen molar-refractivity contribution >= 4 is 22.7 Å². The van der Waals surface area contributed by atoms with E-state index in [1.165, 1.54) is 19.1 Å². The molecule has 0 aliphatic carbocycles. The summed E-state index contributed by atoms with van der Waals surface area (Å²) >= 11 is 0. The van der Waals surface area contributed by atoms with E-state index in [9.17, 15) is 14.7 Å². The molecule has 1 aliphatic rings. The van der Waals surface area contributed by atoms with E-state index in [0.29, 0.717) is 35.7 Å². The van der Waals surface area contributed by atoms with Gasteiger partial charge in [-0.2, -0.15) is 0 Å². The van der Waals surface area contributed by atoms with Crippen molar-refractivity contribution < 1.29 is 33.5 Å². The van der Waals surface area contributed by atoms with E-state index in [4.69, 9.17) is 13.9 Å². The summed E-state index contributed by atoms with van der Waals surface area (Å²) in [6.07, 6.45) is 0. The van der Waals surface area contributed by atoms with Crippen molar-refractivity contribution in [3.63, 3.8) is 0 Å². The van der Waals surface area contributed by atoms with Crippen LogP contribution in [0.1, 0.15) is 22.2 Å². The van der Waals surface area contributed by atoms with Gasteiger partial charge in [-0.3, -0.25) is 9.59 Å². The first kappa shape index (κ1) is 22.4. The predicted molar refractivity (Wildman–Crippen MR) is 122 cm³/mol. The van der Waals surface area contributed by atoms with Crippen LogP contribution in [0, 0.1) is 0 Å². The predicted octanol–water partition coefficient (Wildman–Crippen LogP) is 2.17. The highest BCUT2D eigenvalue weighted by atomic mass is 16.5. The zero-order valence-corrected chi connectivity index (χ0v) is 19.0. The number of hydrogen-bond donors (Lipinski definition) is 2. The van der Waals surface area contributed by atoms with E-state index < -0.39 is 23.5 Å². The summed E-state index contributed by atoms with van der Waals surface area (Å²) in [7, 11) is 6.95. The van der Waals surface area contributed by atoms with E-state index >= 15 is 0 Å². The van der Waals surface area contributed by atoms with E-state index in [1.807, 2.05) is 32.3 Å². The first-order valence-electron chi connectivity index (χ1n) is 10.6. The number of quaternary nitrogens is 1. The van der Waals surface area contributed by atoms with Crippen molar-refractivity contribution in [1.29, 1.82) is 0 Å². The van der Waals surface area contributed by atoms with Crippen LogP contribution < -0.4 is 14.4 Å². The Balaban J connectivity index is 1.86. The van der Waals surface area contributed by atoms with Gasteiger partial charge in [-0.1, -0.05) is 30.3 Å². The zero-order chi connectivity index (χ0) is 23.7. The number of methoxy groups -OCH3 is 2. The Hall–Kier alpha value is -3.78. The van der Waals surface area contributed by atoms with Crippen molar-refractivity contribution in [2.24, 2.45) is 0 Å². The molecule has 4 rings (SSSR count). The first-order valence-corrected chi connectivity index (χ1v) is 10.6. The molecule has 172 valence electrons. The number of carbonyl (C=O) groups excluding carboxylic acids is 2. The summed E-state index contributed by atoms with van der Waals surface area (Å²) < 4.78 is 16.8. The Kier molecular flexibility index (Phi) is 6.11. The van der Waals surface area contributed by atoms with Crippen molar-refractivity contribution in [3.8, 4) is 11.5 Å². The number of furan rings is 1. The SMILES string of the molecule is COc1cccc([C@H]2C(C(=O)c3cc4ccccc4o3)=C(O)C(=O)N2CC[NH+](C)C)c1OC. The van der Waals surface area contributed by atoms with Gasteiger partial charge in [0, 0.05) is 10.9 Å². The molecule has 0 unspecified atom stereocenters. The number of fused-ring (bicyclic) bond motifs is 1. The van der Waals surface area contributed by atoms with Crippen molar-refractivity contribution in [2.45, 2.75) is 6.04 Å². The molecule has 1 aliphatic heterocycles. The summed E-state index contributed by atoms with van der Waals surface area (Å²) in [5, 5.41) is 11.6. The number of para-hydroxylation sites is 2. The number of hydrogen-bond acceptors (Lipinski definition) is 6. The number of nitrogens with zero attached hydrogens (tertiary/aromatic N) is 1. The molecule has 2 aromatic carbocycles. The fraction of sp³-hybridized carbons (Fsp3) is 0.280. The van der Waals surface area contributed by atoms with Crippen molar-refractivity contribution in [2.75, 3.05) is 41.4 Å². The average Bonchev–Trinajstić information content (AvgIpc) is 3.36. The summed E-state index contributed by atoms with van der Waals surface area (Å²) in [6, 6.07) is 13.3. The largest absolute Gasteiger partial charge is 0.503 e. The molecule has 0 saturated heterocycles. The number of likely N-dealkylation sites (N-methyl/N-ethyl adjacent to an activating group) is 1. The fourth-order valence-corrected chi connectivity index (χ4v) is 4.14. The Labute approximate surface area is 191 Å². The molecule has 8 nitrogen and oxygen atoms in total. The highest BCUT2D eigenvalue weighted by Crippen LogP contribution is 2.45. The smallest absolute Gasteiger partial charge is 0.290 e. The van der Waals surface area contributed by atoms with Gasteiger partial charge in [0.2, 0.25) is 5.78 Å². The van der Waals surface area contributed by atoms with E-state index in [0.717, 1.165) is 10.3 Å². The second kappa shape index (κ2) is 8.99. The Bertz CT molecular complexity index is 1210. The number of aliphatic hydroxyl groups excluding tert-OH is 1. The number of amides is 1. The highest BCUT2D eigenvalue weighted by Gasteiger charge is 2.46. The van der Waals surface area contributed by atoms with Gasteiger partial charge in [0.25, 0.3) is 5.91 Å². The van der Waals surface area contributed by atoms with Crippen molar-refractivity contribution in [1.82, 2.24) is 4.90 Å². The second-order valence-corrected chi connectivity index (χ2v) is 8.18. The molecule has 1 atom stereocenters. The van der Waals surface area contributed by atoms with Gasteiger partial charge in [-0.15, -0.1) is 0 Å².